The van der Waals surface area contributed by atoms with Gasteiger partial charge >= 0.3 is 0 Å². The molecular weight excluding hydrogens is 120 g/mol. The summed E-state index contributed by atoms with van der Waals surface area (Å²) in [5.41, 5.74) is 5.46. The van der Waals surface area contributed by atoms with Gasteiger partial charge in [-0.05, 0) is 0 Å². The van der Waals surface area contributed by atoms with Crippen LogP contribution in [-0.2, 0) is 0 Å². The van der Waals surface area contributed by atoms with Crippen LogP contribution in [0.5, 0.6) is 0 Å². The Hall–Kier alpha value is -1.52. The quantitative estimate of drug-likeness (QED) is 0.267. The first-order chi connectivity index (χ1) is 4.20. The first-order valence-corrected chi connectivity index (χ1v) is 2.28. The molecule has 0 aromatic carbocycles. The van der Waals surface area contributed by atoms with Gasteiger partial charge in [-0.25, -0.2) is 0 Å². The summed E-state index contributed by atoms with van der Waals surface area (Å²) in [6, 6.07) is 0. The lowest BCUT2D eigenvalue weighted by atomic mass is 10.3. The fourth-order valence-corrected chi connectivity index (χ4v) is 0.452. The number of nitrogen functional groups attached to an aromatic ring is 1. The average Bonchev–Trinajstić information content (AvgIpc) is 2.14. The molecule has 4 N–H and O–H groups in total. The second kappa shape index (κ2) is 1.77. The van der Waals surface area contributed by atoms with Crippen LogP contribution in [0.25, 0.3) is 0 Å². The van der Waals surface area contributed by atoms with Crippen LogP contribution in [0.4, 0.5) is 0 Å². The Morgan fingerprint density at radius 1 is 1.89 bits per heavy atom. The van der Waals surface area contributed by atoms with E-state index in [-0.39, 0.29) is 5.84 Å². The highest BCUT2D eigenvalue weighted by Gasteiger charge is 1.97. The van der Waals surface area contributed by atoms with Crippen molar-refractivity contribution >= 4 is 5.84 Å². The summed E-state index contributed by atoms with van der Waals surface area (Å²) in [5, 5.41) is 18.8. The number of nitrogens with two attached hydrogens (primary N) is 1. The van der Waals surface area contributed by atoms with Crippen molar-refractivity contribution in [1.82, 2.24) is 9.94 Å². The molecule has 1 rings (SSSR count). The Morgan fingerprint density at radius 3 is 2.78 bits per heavy atom. The highest BCUT2D eigenvalue weighted by atomic mass is 16.5. The zero-order valence-corrected chi connectivity index (χ0v) is 4.57. The summed E-state index contributed by atoms with van der Waals surface area (Å²) in [5.74, 6) is -0.102. The van der Waals surface area contributed by atoms with E-state index in [0.717, 1.165) is 0 Å². The third-order valence-electron chi connectivity index (χ3n) is 0.881. The van der Waals surface area contributed by atoms with Crippen molar-refractivity contribution in [3.8, 4) is 0 Å². The zero-order valence-electron chi connectivity index (χ0n) is 4.57. The number of rotatable bonds is 1. The van der Waals surface area contributed by atoms with E-state index < -0.39 is 0 Å². The Bertz CT molecular complexity index is 228. The van der Waals surface area contributed by atoms with E-state index in [1.807, 2.05) is 0 Å². The van der Waals surface area contributed by atoms with Crippen LogP contribution in [-0.4, -0.2) is 21.0 Å². The number of nitrogens with one attached hydrogen (secondary N) is 1. The molecule has 0 saturated carbocycles. The molecule has 5 nitrogen and oxygen atoms in total. The largest absolute Gasteiger partial charge is 0.412 e. The molecule has 0 unspecified atom stereocenters. The normalized spacial score (nSPS) is 9.33. The molecule has 0 saturated heterocycles. The molecule has 0 aliphatic rings. The van der Waals surface area contributed by atoms with Crippen LogP contribution in [0.1, 0.15) is 5.56 Å². The molecule has 9 heavy (non-hydrogen) atoms. The van der Waals surface area contributed by atoms with E-state index in [0.29, 0.717) is 10.4 Å². The third-order valence-corrected chi connectivity index (χ3v) is 0.881. The van der Waals surface area contributed by atoms with Crippen LogP contribution >= 0.6 is 0 Å². The van der Waals surface area contributed by atoms with Gasteiger partial charge in [0, 0.05) is 0 Å². The van der Waals surface area contributed by atoms with Crippen molar-refractivity contribution in [3.63, 3.8) is 0 Å². The molecule has 0 fully saturated rings. The molecule has 1 heterocycles. The van der Waals surface area contributed by atoms with Crippen LogP contribution in [0.2, 0.25) is 0 Å². The number of nitrogens with zero attached hydrogens (tertiary/aromatic N) is 2. The maximum Gasteiger partial charge on any atom is 0.126 e. The van der Waals surface area contributed by atoms with Crippen molar-refractivity contribution < 1.29 is 5.21 Å². The van der Waals surface area contributed by atoms with Gasteiger partial charge in [0.25, 0.3) is 0 Å². The van der Waals surface area contributed by atoms with E-state index in [2.05, 4.69) is 5.10 Å². The maximum atomic E-state index is 8.56. The first kappa shape index (κ1) is 5.61. The predicted molar refractivity (Wildman–Crippen MR) is 30.4 cm³/mol. The molecule has 0 bridgehead atoms. The van der Waals surface area contributed by atoms with Crippen LogP contribution in [0.3, 0.4) is 0 Å². The number of amidine groups is 1. The zero-order chi connectivity index (χ0) is 6.85. The minimum Gasteiger partial charge on any atom is -0.412 e. The van der Waals surface area contributed by atoms with Crippen molar-refractivity contribution in [2.24, 2.45) is 5.73 Å². The van der Waals surface area contributed by atoms with Crippen molar-refractivity contribution in [2.45, 2.75) is 0 Å². The van der Waals surface area contributed by atoms with Gasteiger partial charge < -0.3 is 10.9 Å². The Balaban J connectivity index is 2.98. The smallest absolute Gasteiger partial charge is 0.126 e. The maximum absolute atomic E-state index is 8.56. The van der Waals surface area contributed by atoms with Gasteiger partial charge in [0.1, 0.15) is 5.84 Å². The summed E-state index contributed by atoms with van der Waals surface area (Å²) < 4.78 is 0. The molecule has 0 aliphatic carbocycles. The lowest BCUT2D eigenvalue weighted by molar-refractivity contribution is 0.149. The third kappa shape index (κ3) is 0.987. The predicted octanol–water partition coefficient (Wildman–Crippen LogP) is -0.596. The average molecular weight is 126 g/mol. The molecule has 0 amide bonds. The Morgan fingerprint density at radius 2 is 2.56 bits per heavy atom. The van der Waals surface area contributed by atoms with Gasteiger partial charge in [-0.15, -0.1) is 9.94 Å². The molecule has 0 aliphatic heterocycles. The second-order valence-electron chi connectivity index (χ2n) is 1.56. The molecule has 0 radical (unpaired) electrons. The molecule has 48 valence electrons. The van der Waals surface area contributed by atoms with E-state index in [4.69, 9.17) is 16.4 Å². The topological polar surface area (TPSA) is 87.9 Å². The highest BCUT2D eigenvalue weighted by molar-refractivity contribution is 5.94. The summed E-state index contributed by atoms with van der Waals surface area (Å²) in [4.78, 5) is 0.608. The summed E-state index contributed by atoms with van der Waals surface area (Å²) in [6.07, 6.45) is 2.56. The summed E-state index contributed by atoms with van der Waals surface area (Å²) in [7, 11) is 0. The number of aromatic nitrogens is 2. The van der Waals surface area contributed by atoms with E-state index in [1.165, 1.54) is 12.4 Å². The molecular formula is C4H6N4O. The molecule has 5 heteroatoms. The van der Waals surface area contributed by atoms with Crippen molar-refractivity contribution in [1.29, 1.82) is 5.41 Å². The first-order valence-electron chi connectivity index (χ1n) is 2.28. The van der Waals surface area contributed by atoms with E-state index in [1.54, 1.807) is 0 Å². The van der Waals surface area contributed by atoms with Crippen LogP contribution in [0, 0.1) is 5.41 Å². The van der Waals surface area contributed by atoms with Gasteiger partial charge in [0.05, 0.1) is 18.0 Å². The monoisotopic (exact) mass is 126 g/mol. The van der Waals surface area contributed by atoms with Crippen molar-refractivity contribution in [3.05, 3.63) is 18.0 Å². The van der Waals surface area contributed by atoms with Gasteiger partial charge in [0.2, 0.25) is 0 Å². The second-order valence-corrected chi connectivity index (χ2v) is 1.56. The van der Waals surface area contributed by atoms with Crippen LogP contribution in [0.15, 0.2) is 12.4 Å². The number of hydrogen-bond acceptors (Lipinski definition) is 3. The lowest BCUT2D eigenvalue weighted by Crippen LogP contribution is -2.09. The highest BCUT2D eigenvalue weighted by Crippen LogP contribution is 1.91. The van der Waals surface area contributed by atoms with Gasteiger partial charge in [-0.1, -0.05) is 0 Å². The van der Waals surface area contributed by atoms with E-state index >= 15 is 0 Å². The Labute approximate surface area is 51.2 Å². The fraction of sp³-hybridized carbons (Fsp3) is 0. The van der Waals surface area contributed by atoms with Gasteiger partial charge in [-0.3, -0.25) is 5.41 Å². The Kier molecular flexibility index (Phi) is 1.11. The lowest BCUT2D eigenvalue weighted by Gasteiger charge is -1.85. The molecule has 0 spiro atoms. The van der Waals surface area contributed by atoms with Crippen LogP contribution < -0.4 is 5.73 Å². The number of hydrogen-bond donors (Lipinski definition) is 3. The van der Waals surface area contributed by atoms with Crippen molar-refractivity contribution in [2.75, 3.05) is 0 Å². The summed E-state index contributed by atoms with van der Waals surface area (Å²) in [6.45, 7) is 0. The van der Waals surface area contributed by atoms with E-state index in [9.17, 15) is 0 Å². The van der Waals surface area contributed by atoms with Gasteiger partial charge in [-0.2, -0.15) is 0 Å². The standard InChI is InChI=1S/C4H6N4O/c5-4(6)3-1-7-8(9)2-3/h1-2,9H,(H3,5,6). The van der Waals surface area contributed by atoms with Gasteiger partial charge in [0.15, 0.2) is 0 Å². The summed E-state index contributed by atoms with van der Waals surface area (Å²) >= 11 is 0. The molecule has 1 aromatic heterocycles. The molecule has 1 aromatic rings. The molecule has 0 atom stereocenters. The fourth-order valence-electron chi connectivity index (χ4n) is 0.452. The SMILES string of the molecule is N=C(N)c1cnn(O)c1. The minimum absolute atomic E-state index is 0.102. The minimum atomic E-state index is -0.102.